The quantitative estimate of drug-likeness (QED) is 0.785. The third kappa shape index (κ3) is 1.88. The van der Waals surface area contributed by atoms with E-state index in [1.165, 1.54) is 6.20 Å². The molecule has 7 heteroatoms. The molecule has 1 aliphatic heterocycles. The van der Waals surface area contributed by atoms with Gasteiger partial charge in [0.15, 0.2) is 0 Å². The van der Waals surface area contributed by atoms with Crippen molar-refractivity contribution in [1.29, 1.82) is 0 Å². The molecule has 6 nitrogen and oxygen atoms in total. The normalized spacial score (nSPS) is 28.8. The Hall–Kier alpha value is -1.95. The molecule has 1 saturated carbocycles. The van der Waals surface area contributed by atoms with Gasteiger partial charge in [-0.05, 0) is 25.0 Å². The van der Waals surface area contributed by atoms with Gasteiger partial charge in [0.2, 0.25) is 0 Å². The third-order valence-corrected chi connectivity index (χ3v) is 3.72. The molecule has 19 heavy (non-hydrogen) atoms. The van der Waals surface area contributed by atoms with Crippen molar-refractivity contribution in [3.05, 3.63) is 29.0 Å². The Morgan fingerprint density at radius 3 is 2.79 bits per heavy atom. The minimum Gasteiger partial charge on any atom is -0.481 e. The molecule has 0 atom stereocenters. The van der Waals surface area contributed by atoms with Gasteiger partial charge in [-0.2, -0.15) is 0 Å². The first-order valence-corrected chi connectivity index (χ1v) is 6.14. The molecule has 1 aromatic rings. The van der Waals surface area contributed by atoms with Crippen LogP contribution in [0.3, 0.4) is 0 Å². The van der Waals surface area contributed by atoms with Gasteiger partial charge < -0.3 is 10.4 Å². The second-order valence-electron chi connectivity index (χ2n) is 4.76. The summed E-state index contributed by atoms with van der Waals surface area (Å²) in [4.78, 5) is 31.0. The number of rotatable bonds is 2. The number of aliphatic imine (C=N–C) groups is 1. The molecule has 0 aromatic carbocycles. The van der Waals surface area contributed by atoms with Gasteiger partial charge in [0, 0.05) is 11.8 Å². The number of hydrogen-bond donors (Lipinski definition) is 2. The van der Waals surface area contributed by atoms with Gasteiger partial charge in [0.25, 0.3) is 5.91 Å². The van der Waals surface area contributed by atoms with Crippen molar-refractivity contribution in [3.63, 3.8) is 0 Å². The number of halogens is 1. The molecule has 0 radical (unpaired) electrons. The summed E-state index contributed by atoms with van der Waals surface area (Å²) in [5.41, 5.74) is -0.244. The zero-order chi connectivity index (χ0) is 13.6. The summed E-state index contributed by atoms with van der Waals surface area (Å²) < 4.78 is 0. The SMILES string of the molecule is O=C(O)C1CC2(C1)N=C(c1ccc(Cl)nc1)NC2=O. The first-order chi connectivity index (χ1) is 9.00. The average molecular weight is 280 g/mol. The maximum Gasteiger partial charge on any atom is 0.306 e. The molecule has 1 spiro atoms. The van der Waals surface area contributed by atoms with Gasteiger partial charge >= 0.3 is 5.97 Å². The topological polar surface area (TPSA) is 91.7 Å². The van der Waals surface area contributed by atoms with E-state index in [0.29, 0.717) is 16.6 Å². The number of amides is 1. The van der Waals surface area contributed by atoms with Crippen molar-refractivity contribution in [1.82, 2.24) is 10.3 Å². The second kappa shape index (κ2) is 4.03. The molecule has 0 saturated heterocycles. The van der Waals surface area contributed by atoms with E-state index in [0.717, 1.165) is 0 Å². The molecule has 3 rings (SSSR count). The maximum absolute atomic E-state index is 11.9. The van der Waals surface area contributed by atoms with Crippen LogP contribution in [0.15, 0.2) is 23.3 Å². The molecule has 2 heterocycles. The standard InChI is InChI=1S/C12H10ClN3O3/c13-8-2-1-6(5-14-8)9-15-11(19)12(16-9)3-7(4-12)10(17)18/h1-2,5,7H,3-4H2,(H,17,18)(H,15,16,19). The van der Waals surface area contributed by atoms with Gasteiger partial charge in [-0.15, -0.1) is 0 Å². The first kappa shape index (κ1) is 12.1. The number of pyridine rings is 1. The summed E-state index contributed by atoms with van der Waals surface area (Å²) in [6.07, 6.45) is 2.02. The zero-order valence-electron chi connectivity index (χ0n) is 9.76. The van der Waals surface area contributed by atoms with E-state index in [1.807, 2.05) is 0 Å². The number of hydrogen-bond acceptors (Lipinski definition) is 4. The van der Waals surface area contributed by atoms with E-state index in [1.54, 1.807) is 12.1 Å². The fourth-order valence-corrected chi connectivity index (χ4v) is 2.49. The van der Waals surface area contributed by atoms with E-state index in [-0.39, 0.29) is 18.7 Å². The van der Waals surface area contributed by atoms with E-state index in [2.05, 4.69) is 15.3 Å². The van der Waals surface area contributed by atoms with Crippen LogP contribution in [0.1, 0.15) is 18.4 Å². The summed E-state index contributed by atoms with van der Waals surface area (Å²) in [6, 6.07) is 3.32. The Morgan fingerprint density at radius 2 is 2.21 bits per heavy atom. The Kier molecular flexibility index (Phi) is 2.56. The highest BCUT2D eigenvalue weighted by atomic mass is 35.5. The van der Waals surface area contributed by atoms with Crippen molar-refractivity contribution in [2.75, 3.05) is 0 Å². The van der Waals surface area contributed by atoms with Crippen LogP contribution >= 0.6 is 11.6 Å². The van der Waals surface area contributed by atoms with Crippen molar-refractivity contribution < 1.29 is 14.7 Å². The molecule has 1 amide bonds. The van der Waals surface area contributed by atoms with E-state index >= 15 is 0 Å². The molecular weight excluding hydrogens is 270 g/mol. The van der Waals surface area contributed by atoms with E-state index in [4.69, 9.17) is 16.7 Å². The van der Waals surface area contributed by atoms with Crippen LogP contribution in [0, 0.1) is 5.92 Å². The van der Waals surface area contributed by atoms with Gasteiger partial charge in [-0.25, -0.2) is 4.98 Å². The predicted molar refractivity (Wildman–Crippen MR) is 67.0 cm³/mol. The first-order valence-electron chi connectivity index (χ1n) is 5.76. The number of nitrogens with zero attached hydrogens (tertiary/aromatic N) is 2. The maximum atomic E-state index is 11.9. The Morgan fingerprint density at radius 1 is 1.47 bits per heavy atom. The molecule has 1 fully saturated rings. The fourth-order valence-electron chi connectivity index (χ4n) is 2.38. The lowest BCUT2D eigenvalue weighted by molar-refractivity contribution is -0.149. The Bertz CT molecular complexity index is 591. The monoisotopic (exact) mass is 279 g/mol. The summed E-state index contributed by atoms with van der Waals surface area (Å²) >= 11 is 5.69. The summed E-state index contributed by atoms with van der Waals surface area (Å²) in [7, 11) is 0. The second-order valence-corrected chi connectivity index (χ2v) is 5.15. The van der Waals surface area contributed by atoms with Crippen LogP contribution in [0.5, 0.6) is 0 Å². The van der Waals surface area contributed by atoms with Crippen LogP contribution in [0.2, 0.25) is 5.15 Å². The van der Waals surface area contributed by atoms with Gasteiger partial charge in [-0.3, -0.25) is 14.6 Å². The van der Waals surface area contributed by atoms with Crippen molar-refractivity contribution in [2.24, 2.45) is 10.9 Å². The van der Waals surface area contributed by atoms with Crippen molar-refractivity contribution in [3.8, 4) is 0 Å². The van der Waals surface area contributed by atoms with E-state index < -0.39 is 17.4 Å². The number of carbonyl (C=O) groups excluding carboxylic acids is 1. The third-order valence-electron chi connectivity index (χ3n) is 3.50. The minimum absolute atomic E-state index is 0.241. The molecular formula is C12H10ClN3O3. The highest BCUT2D eigenvalue weighted by molar-refractivity contribution is 6.29. The Balaban J connectivity index is 1.85. The van der Waals surface area contributed by atoms with Crippen LogP contribution in [-0.2, 0) is 9.59 Å². The number of carboxylic acids is 1. The largest absolute Gasteiger partial charge is 0.481 e. The molecule has 98 valence electrons. The van der Waals surface area contributed by atoms with Crippen molar-refractivity contribution in [2.45, 2.75) is 18.4 Å². The zero-order valence-corrected chi connectivity index (χ0v) is 10.5. The number of aliphatic carboxylic acids is 1. The number of nitrogens with one attached hydrogen (secondary N) is 1. The van der Waals surface area contributed by atoms with E-state index in [9.17, 15) is 9.59 Å². The number of aromatic nitrogens is 1. The minimum atomic E-state index is -0.905. The smallest absolute Gasteiger partial charge is 0.306 e. The van der Waals surface area contributed by atoms with Crippen LogP contribution in [0.25, 0.3) is 0 Å². The highest BCUT2D eigenvalue weighted by Crippen LogP contribution is 2.43. The van der Waals surface area contributed by atoms with Crippen LogP contribution < -0.4 is 5.32 Å². The molecule has 2 N–H and O–H groups in total. The summed E-state index contributed by atoms with van der Waals surface area (Å²) in [5, 5.41) is 11.9. The lowest BCUT2D eigenvalue weighted by Gasteiger charge is -2.37. The van der Waals surface area contributed by atoms with Gasteiger partial charge in [0.05, 0.1) is 5.92 Å². The lowest BCUT2D eigenvalue weighted by atomic mass is 9.68. The molecule has 1 aliphatic carbocycles. The highest BCUT2D eigenvalue weighted by Gasteiger charge is 2.56. The fraction of sp³-hybridized carbons (Fsp3) is 0.333. The van der Waals surface area contributed by atoms with Gasteiger partial charge in [0.1, 0.15) is 16.5 Å². The van der Waals surface area contributed by atoms with Crippen LogP contribution in [-0.4, -0.2) is 33.3 Å². The van der Waals surface area contributed by atoms with Crippen LogP contribution in [0.4, 0.5) is 0 Å². The predicted octanol–water partition coefficient (Wildman–Crippen LogP) is 0.845. The number of carbonyl (C=O) groups is 2. The Labute approximate surface area is 113 Å². The van der Waals surface area contributed by atoms with Crippen molar-refractivity contribution >= 4 is 29.3 Å². The summed E-state index contributed by atoms with van der Waals surface area (Å²) in [5.74, 6) is -1.18. The molecule has 0 unspecified atom stereocenters. The molecule has 1 aromatic heterocycles. The summed E-state index contributed by atoms with van der Waals surface area (Å²) in [6.45, 7) is 0. The number of amidine groups is 1. The lowest BCUT2D eigenvalue weighted by Crippen LogP contribution is -2.52. The van der Waals surface area contributed by atoms with Gasteiger partial charge in [-0.1, -0.05) is 11.6 Å². The molecule has 2 aliphatic rings. The average Bonchev–Trinajstić information content (AvgIpc) is 2.66. The molecule has 0 bridgehead atoms. The number of carboxylic acid groups (broad SMARTS) is 1.